The molecule has 0 atom stereocenters. The molecular weight excluding hydrogens is 452 g/mol. The van der Waals surface area contributed by atoms with Crippen LogP contribution < -0.4 is 4.74 Å². The predicted octanol–water partition coefficient (Wildman–Crippen LogP) is 10.7. The van der Waals surface area contributed by atoms with Gasteiger partial charge in [0.1, 0.15) is 12.1 Å². The van der Waals surface area contributed by atoms with Gasteiger partial charge in [-0.1, -0.05) is 116 Å². The van der Waals surface area contributed by atoms with Crippen LogP contribution in [0.25, 0.3) is 11.3 Å². The molecule has 1 fully saturated rings. The monoisotopic (exact) mass is 506 g/mol. The van der Waals surface area contributed by atoms with Crippen LogP contribution in [0.5, 0.6) is 5.75 Å². The summed E-state index contributed by atoms with van der Waals surface area (Å²) in [7, 11) is 0. The van der Waals surface area contributed by atoms with E-state index in [2.05, 4.69) is 49.3 Å². The third-order valence-corrected chi connectivity index (χ3v) is 8.39. The second-order valence-electron chi connectivity index (χ2n) is 11.4. The Morgan fingerprint density at radius 2 is 1.35 bits per heavy atom. The molecule has 0 bridgehead atoms. The van der Waals surface area contributed by atoms with Crippen molar-refractivity contribution in [1.82, 2.24) is 9.97 Å². The van der Waals surface area contributed by atoms with Gasteiger partial charge >= 0.3 is 0 Å². The lowest BCUT2D eigenvalue weighted by molar-refractivity contribution is 0.300. The number of rotatable bonds is 19. The first kappa shape index (κ1) is 29.7. The summed E-state index contributed by atoms with van der Waals surface area (Å²) < 4.78 is 6.32. The quantitative estimate of drug-likeness (QED) is 0.178. The number of benzene rings is 1. The maximum Gasteiger partial charge on any atom is 0.128 e. The van der Waals surface area contributed by atoms with E-state index in [1.165, 1.54) is 121 Å². The van der Waals surface area contributed by atoms with Crippen molar-refractivity contribution in [2.24, 2.45) is 5.92 Å². The van der Waals surface area contributed by atoms with E-state index in [9.17, 15) is 0 Å². The van der Waals surface area contributed by atoms with Gasteiger partial charge in [-0.05, 0) is 56.1 Å². The molecule has 2 aromatic rings. The summed E-state index contributed by atoms with van der Waals surface area (Å²) in [5.74, 6) is 2.46. The maximum absolute atomic E-state index is 6.32. The van der Waals surface area contributed by atoms with Crippen LogP contribution in [0.4, 0.5) is 0 Å². The Kier molecular flexibility index (Phi) is 14.7. The molecule has 0 aliphatic heterocycles. The molecule has 1 aromatic carbocycles. The highest BCUT2D eigenvalue weighted by Crippen LogP contribution is 2.42. The highest BCUT2D eigenvalue weighted by molar-refractivity contribution is 5.70. The standard InChI is InChI=1S/C34H54N2O/c1-3-5-7-9-11-12-14-18-26-37-33-21-17-16-20-31(33)34-32(27-35-28-36-34)30-24-22-29(23-25-30)19-15-13-10-8-6-4-2/h16-17,20-21,27-30H,3-15,18-19,22-26H2,1-2H3. The van der Waals surface area contributed by atoms with Crippen LogP contribution in [0, 0.1) is 5.92 Å². The molecule has 0 spiro atoms. The number of unbranched alkanes of at least 4 members (excludes halogenated alkanes) is 12. The average molecular weight is 507 g/mol. The molecule has 0 radical (unpaired) electrons. The molecule has 1 heterocycles. The second-order valence-corrected chi connectivity index (χ2v) is 11.4. The molecule has 0 N–H and O–H groups in total. The van der Waals surface area contributed by atoms with Crippen molar-refractivity contribution in [3.63, 3.8) is 0 Å². The largest absolute Gasteiger partial charge is 0.493 e. The Morgan fingerprint density at radius 3 is 2.05 bits per heavy atom. The SMILES string of the molecule is CCCCCCCCCCOc1ccccc1-c1ncncc1C1CCC(CCCCCCCC)CC1. The van der Waals surface area contributed by atoms with Gasteiger partial charge < -0.3 is 4.74 Å². The van der Waals surface area contributed by atoms with Crippen molar-refractivity contribution in [3.05, 3.63) is 42.4 Å². The fraction of sp³-hybridized carbons (Fsp3) is 0.706. The zero-order valence-corrected chi connectivity index (χ0v) is 24.1. The smallest absolute Gasteiger partial charge is 0.128 e. The van der Waals surface area contributed by atoms with Gasteiger partial charge in [0.25, 0.3) is 0 Å². The molecule has 1 saturated carbocycles. The van der Waals surface area contributed by atoms with E-state index in [1.54, 1.807) is 6.33 Å². The zero-order chi connectivity index (χ0) is 26.0. The highest BCUT2D eigenvalue weighted by atomic mass is 16.5. The number of nitrogens with zero attached hydrogens (tertiary/aromatic N) is 2. The number of aromatic nitrogens is 2. The minimum absolute atomic E-state index is 0.567. The third-order valence-electron chi connectivity index (χ3n) is 8.39. The Morgan fingerprint density at radius 1 is 0.730 bits per heavy atom. The Hall–Kier alpha value is -1.90. The van der Waals surface area contributed by atoms with Crippen LogP contribution in [-0.4, -0.2) is 16.6 Å². The first-order chi connectivity index (χ1) is 18.3. The van der Waals surface area contributed by atoms with Crippen molar-refractivity contribution in [3.8, 4) is 17.0 Å². The number of hydrogen-bond donors (Lipinski definition) is 0. The van der Waals surface area contributed by atoms with Gasteiger partial charge in [0.15, 0.2) is 0 Å². The van der Waals surface area contributed by atoms with Gasteiger partial charge in [-0.2, -0.15) is 0 Å². The summed E-state index contributed by atoms with van der Waals surface area (Å²) in [5.41, 5.74) is 3.54. The Bertz CT molecular complexity index is 843. The lowest BCUT2D eigenvalue weighted by Gasteiger charge is -2.29. The number of para-hydroxylation sites is 1. The highest BCUT2D eigenvalue weighted by Gasteiger charge is 2.25. The fourth-order valence-corrected chi connectivity index (χ4v) is 6.05. The molecule has 206 valence electrons. The van der Waals surface area contributed by atoms with Crippen LogP contribution in [0.1, 0.15) is 147 Å². The number of ether oxygens (including phenoxy) is 1. The molecule has 1 aliphatic rings. The molecular formula is C34H54N2O. The molecule has 3 heteroatoms. The fourth-order valence-electron chi connectivity index (χ4n) is 6.05. The Balaban J connectivity index is 1.48. The summed E-state index contributed by atoms with van der Waals surface area (Å²) in [6.07, 6.45) is 29.4. The minimum atomic E-state index is 0.567. The lowest BCUT2D eigenvalue weighted by Crippen LogP contribution is -2.15. The maximum atomic E-state index is 6.32. The average Bonchev–Trinajstić information content (AvgIpc) is 2.94. The van der Waals surface area contributed by atoms with E-state index in [-0.39, 0.29) is 0 Å². The molecule has 0 amide bonds. The van der Waals surface area contributed by atoms with Gasteiger partial charge in [-0.15, -0.1) is 0 Å². The summed E-state index contributed by atoms with van der Waals surface area (Å²) in [6.45, 7) is 5.36. The van der Waals surface area contributed by atoms with Crippen LogP contribution in [0.3, 0.4) is 0 Å². The third kappa shape index (κ3) is 10.8. The molecule has 0 unspecified atom stereocenters. The van der Waals surface area contributed by atoms with Crippen LogP contribution in [-0.2, 0) is 0 Å². The molecule has 0 saturated heterocycles. The molecule has 1 aliphatic carbocycles. The van der Waals surface area contributed by atoms with Crippen molar-refractivity contribution >= 4 is 0 Å². The second kappa shape index (κ2) is 18.4. The van der Waals surface area contributed by atoms with E-state index in [4.69, 9.17) is 9.72 Å². The first-order valence-electron chi connectivity index (χ1n) is 15.9. The topological polar surface area (TPSA) is 35.0 Å². The van der Waals surface area contributed by atoms with Crippen molar-refractivity contribution < 1.29 is 4.74 Å². The van der Waals surface area contributed by atoms with E-state index < -0.39 is 0 Å². The van der Waals surface area contributed by atoms with Gasteiger partial charge in [-0.3, -0.25) is 0 Å². The summed E-state index contributed by atoms with van der Waals surface area (Å²) in [6, 6.07) is 8.49. The molecule has 37 heavy (non-hydrogen) atoms. The van der Waals surface area contributed by atoms with E-state index in [0.29, 0.717) is 5.92 Å². The zero-order valence-electron chi connectivity index (χ0n) is 24.1. The van der Waals surface area contributed by atoms with Crippen LogP contribution in [0.2, 0.25) is 0 Å². The normalized spacial score (nSPS) is 17.7. The first-order valence-corrected chi connectivity index (χ1v) is 15.9. The van der Waals surface area contributed by atoms with Crippen molar-refractivity contribution in [2.45, 2.75) is 142 Å². The molecule has 3 rings (SSSR count). The van der Waals surface area contributed by atoms with Crippen LogP contribution >= 0.6 is 0 Å². The lowest BCUT2D eigenvalue weighted by atomic mass is 9.76. The summed E-state index contributed by atoms with van der Waals surface area (Å²) >= 11 is 0. The van der Waals surface area contributed by atoms with Gasteiger partial charge in [0.2, 0.25) is 0 Å². The van der Waals surface area contributed by atoms with Gasteiger partial charge in [0, 0.05) is 17.3 Å². The van der Waals surface area contributed by atoms with E-state index >= 15 is 0 Å². The van der Waals surface area contributed by atoms with Gasteiger partial charge in [-0.25, -0.2) is 9.97 Å². The Labute approximate surface area is 228 Å². The molecule has 3 nitrogen and oxygen atoms in total. The van der Waals surface area contributed by atoms with E-state index in [1.807, 2.05) is 0 Å². The predicted molar refractivity (Wildman–Crippen MR) is 158 cm³/mol. The van der Waals surface area contributed by atoms with Crippen LogP contribution in [0.15, 0.2) is 36.8 Å². The molecule has 1 aromatic heterocycles. The summed E-state index contributed by atoms with van der Waals surface area (Å²) in [5, 5.41) is 0. The van der Waals surface area contributed by atoms with Crippen molar-refractivity contribution in [1.29, 1.82) is 0 Å². The van der Waals surface area contributed by atoms with Gasteiger partial charge in [0.05, 0.1) is 12.3 Å². The minimum Gasteiger partial charge on any atom is -0.493 e. The number of hydrogen-bond acceptors (Lipinski definition) is 3. The summed E-state index contributed by atoms with van der Waals surface area (Å²) in [4.78, 5) is 9.24. The van der Waals surface area contributed by atoms with Crippen molar-refractivity contribution in [2.75, 3.05) is 6.61 Å². The van der Waals surface area contributed by atoms with E-state index in [0.717, 1.165) is 36.0 Å².